The van der Waals surface area contributed by atoms with Crippen molar-refractivity contribution in [1.29, 1.82) is 0 Å². The van der Waals surface area contributed by atoms with Crippen LogP contribution in [0.1, 0.15) is 46.8 Å². The van der Waals surface area contributed by atoms with Gasteiger partial charge in [-0.25, -0.2) is 22.5 Å². The number of benzene rings is 3. The number of imidazole rings is 1. The highest BCUT2D eigenvalue weighted by Gasteiger charge is 2.32. The number of aryl methyl sites for hydroxylation is 2. The summed E-state index contributed by atoms with van der Waals surface area (Å²) in [5.41, 5.74) is 3.45. The van der Waals surface area contributed by atoms with E-state index in [9.17, 15) is 13.2 Å². The van der Waals surface area contributed by atoms with Crippen LogP contribution in [0.2, 0.25) is 10.0 Å². The number of rotatable bonds is 5. The van der Waals surface area contributed by atoms with Crippen molar-refractivity contribution in [2.75, 3.05) is 0 Å². The summed E-state index contributed by atoms with van der Waals surface area (Å²) in [5.74, 6) is -4.66. The molecule has 1 unspecified atom stereocenters. The first-order valence-corrected chi connectivity index (χ1v) is 13.1. The molecule has 0 bridgehead atoms. The smallest absolute Gasteiger partial charge is 0.196 e. The standard InChI is InChI=1S/C27H20Cl2F4N2S/c1-14-12-15(8-9-18(14)28)16-4-2-7-22-26(16)35(23-11-10-21(31)24(32)25(23)33)27(34-22)36-13-17-19(29)5-3-6-20(17)30/h3,5-6,8-12,16H,2,4,7,13H2,1H3. The molecule has 1 aliphatic carbocycles. The fourth-order valence-corrected chi connectivity index (χ4v) is 6.13. The molecule has 5 rings (SSSR count). The van der Waals surface area contributed by atoms with E-state index in [-0.39, 0.29) is 27.9 Å². The minimum absolute atomic E-state index is 0.122. The minimum atomic E-state index is -1.56. The molecule has 3 aromatic carbocycles. The van der Waals surface area contributed by atoms with Crippen molar-refractivity contribution in [3.05, 3.63) is 110 Å². The second-order valence-corrected chi connectivity index (χ2v) is 10.5. The SMILES string of the molecule is Cc1cc(C2CCCc3nc(SCc4c(F)cccc4Cl)n(-c4ccc(F)c(F)c4F)c32)ccc1Cl. The summed E-state index contributed by atoms with van der Waals surface area (Å²) in [5, 5.41) is 1.24. The molecule has 1 heterocycles. The monoisotopic (exact) mass is 550 g/mol. The summed E-state index contributed by atoms with van der Waals surface area (Å²) < 4.78 is 59.3. The van der Waals surface area contributed by atoms with E-state index in [2.05, 4.69) is 0 Å². The van der Waals surface area contributed by atoms with Crippen LogP contribution < -0.4 is 0 Å². The van der Waals surface area contributed by atoms with E-state index < -0.39 is 23.3 Å². The van der Waals surface area contributed by atoms with Crippen molar-refractivity contribution in [2.45, 2.75) is 43.0 Å². The Hall–Kier alpha value is -2.48. The van der Waals surface area contributed by atoms with Crippen LogP contribution in [-0.4, -0.2) is 9.55 Å². The Morgan fingerprint density at radius 3 is 2.53 bits per heavy atom. The summed E-state index contributed by atoms with van der Waals surface area (Å²) in [4.78, 5) is 4.76. The molecule has 0 N–H and O–H groups in total. The summed E-state index contributed by atoms with van der Waals surface area (Å²) in [6.07, 6.45) is 2.25. The van der Waals surface area contributed by atoms with Gasteiger partial charge in [0.2, 0.25) is 0 Å². The van der Waals surface area contributed by atoms with Gasteiger partial charge in [0, 0.05) is 27.3 Å². The summed E-state index contributed by atoms with van der Waals surface area (Å²) in [6.45, 7) is 1.90. The zero-order valence-electron chi connectivity index (χ0n) is 19.1. The highest BCUT2D eigenvalue weighted by atomic mass is 35.5. The van der Waals surface area contributed by atoms with Crippen LogP contribution in [0.5, 0.6) is 0 Å². The lowest BCUT2D eigenvalue weighted by Gasteiger charge is -2.26. The van der Waals surface area contributed by atoms with E-state index in [0.717, 1.165) is 47.5 Å². The molecule has 36 heavy (non-hydrogen) atoms. The molecule has 2 nitrogen and oxygen atoms in total. The van der Waals surface area contributed by atoms with Crippen LogP contribution in [-0.2, 0) is 12.2 Å². The largest absolute Gasteiger partial charge is 0.288 e. The number of halogens is 6. The van der Waals surface area contributed by atoms with E-state index in [1.165, 1.54) is 18.2 Å². The van der Waals surface area contributed by atoms with Crippen LogP contribution in [0.15, 0.2) is 53.7 Å². The van der Waals surface area contributed by atoms with E-state index in [4.69, 9.17) is 28.2 Å². The molecule has 0 radical (unpaired) electrons. The van der Waals surface area contributed by atoms with Crippen LogP contribution in [0.3, 0.4) is 0 Å². The van der Waals surface area contributed by atoms with Crippen LogP contribution >= 0.6 is 35.0 Å². The highest BCUT2D eigenvalue weighted by Crippen LogP contribution is 2.42. The quantitative estimate of drug-likeness (QED) is 0.140. The van der Waals surface area contributed by atoms with Crippen molar-refractivity contribution >= 4 is 35.0 Å². The predicted octanol–water partition coefficient (Wildman–Crippen LogP) is 8.80. The summed E-state index contributed by atoms with van der Waals surface area (Å²) in [6, 6.07) is 12.2. The lowest BCUT2D eigenvalue weighted by molar-refractivity contribution is 0.442. The fourth-order valence-electron chi connectivity index (χ4n) is 4.64. The van der Waals surface area contributed by atoms with E-state index in [0.29, 0.717) is 22.3 Å². The van der Waals surface area contributed by atoms with Gasteiger partial charge in [0.1, 0.15) is 5.82 Å². The Labute approximate surface area is 220 Å². The molecule has 9 heteroatoms. The molecule has 1 atom stereocenters. The molecule has 4 aromatic rings. The minimum Gasteiger partial charge on any atom is -0.288 e. The lowest BCUT2D eigenvalue weighted by atomic mass is 9.83. The van der Waals surface area contributed by atoms with Crippen LogP contribution in [0, 0.1) is 30.2 Å². The fraction of sp³-hybridized carbons (Fsp3) is 0.222. The Morgan fingerprint density at radius 1 is 0.972 bits per heavy atom. The van der Waals surface area contributed by atoms with Gasteiger partial charge in [-0.15, -0.1) is 0 Å². The topological polar surface area (TPSA) is 17.8 Å². The van der Waals surface area contributed by atoms with Crippen molar-refractivity contribution in [1.82, 2.24) is 9.55 Å². The maximum Gasteiger partial charge on any atom is 0.196 e. The van der Waals surface area contributed by atoms with Gasteiger partial charge in [-0.3, -0.25) is 4.57 Å². The zero-order chi connectivity index (χ0) is 25.6. The summed E-state index contributed by atoms with van der Waals surface area (Å²) >= 11 is 13.6. The maximum atomic E-state index is 15.1. The molecular weight excluding hydrogens is 531 g/mol. The lowest BCUT2D eigenvalue weighted by Crippen LogP contribution is -2.16. The van der Waals surface area contributed by atoms with Crippen molar-refractivity contribution < 1.29 is 17.6 Å². The van der Waals surface area contributed by atoms with Gasteiger partial charge in [0.25, 0.3) is 0 Å². The molecular formula is C27H20Cl2F4N2S. The third-order valence-electron chi connectivity index (χ3n) is 6.44. The van der Waals surface area contributed by atoms with Gasteiger partial charge in [-0.2, -0.15) is 0 Å². The van der Waals surface area contributed by atoms with Crippen molar-refractivity contribution in [2.24, 2.45) is 0 Å². The first kappa shape index (κ1) is 25.2. The number of fused-ring (bicyclic) bond motifs is 1. The number of thioether (sulfide) groups is 1. The third kappa shape index (κ3) is 4.53. The summed E-state index contributed by atoms with van der Waals surface area (Å²) in [7, 11) is 0. The molecule has 0 saturated heterocycles. The average molecular weight is 551 g/mol. The Kier molecular flexibility index (Phi) is 7.07. The Balaban J connectivity index is 1.68. The second-order valence-electron chi connectivity index (χ2n) is 8.70. The molecule has 0 amide bonds. The van der Waals surface area contributed by atoms with Crippen molar-refractivity contribution in [3.8, 4) is 5.69 Å². The number of hydrogen-bond donors (Lipinski definition) is 0. The number of aromatic nitrogens is 2. The predicted molar refractivity (Wildman–Crippen MR) is 135 cm³/mol. The van der Waals surface area contributed by atoms with Gasteiger partial charge in [-0.05, 0) is 67.6 Å². The number of hydrogen-bond acceptors (Lipinski definition) is 2. The van der Waals surface area contributed by atoms with Gasteiger partial charge < -0.3 is 0 Å². The molecule has 1 aliphatic rings. The highest BCUT2D eigenvalue weighted by molar-refractivity contribution is 7.98. The first-order chi connectivity index (χ1) is 17.3. The zero-order valence-corrected chi connectivity index (χ0v) is 21.4. The van der Waals surface area contributed by atoms with E-state index >= 15 is 4.39 Å². The molecule has 0 saturated carbocycles. The van der Waals surface area contributed by atoms with Gasteiger partial charge >= 0.3 is 0 Å². The van der Waals surface area contributed by atoms with Gasteiger partial charge in [-0.1, -0.05) is 53.2 Å². The molecule has 0 fully saturated rings. The molecule has 0 aliphatic heterocycles. The van der Waals surface area contributed by atoms with Gasteiger partial charge in [0.05, 0.1) is 17.1 Å². The normalized spacial score (nSPS) is 15.2. The Morgan fingerprint density at radius 2 is 1.78 bits per heavy atom. The van der Waals surface area contributed by atoms with Gasteiger partial charge in [0.15, 0.2) is 22.6 Å². The molecule has 1 aromatic heterocycles. The van der Waals surface area contributed by atoms with Crippen LogP contribution in [0.25, 0.3) is 5.69 Å². The molecule has 0 spiro atoms. The van der Waals surface area contributed by atoms with E-state index in [1.54, 1.807) is 10.6 Å². The van der Waals surface area contributed by atoms with E-state index in [1.807, 2.05) is 25.1 Å². The number of nitrogens with zero attached hydrogens (tertiary/aromatic N) is 2. The van der Waals surface area contributed by atoms with Crippen molar-refractivity contribution in [3.63, 3.8) is 0 Å². The second kappa shape index (κ2) is 10.1. The van der Waals surface area contributed by atoms with Crippen LogP contribution in [0.4, 0.5) is 17.6 Å². The average Bonchev–Trinajstić information content (AvgIpc) is 3.22. The Bertz CT molecular complexity index is 1450. The molecule has 186 valence electrons. The third-order valence-corrected chi connectivity index (χ3v) is 8.19. The first-order valence-electron chi connectivity index (χ1n) is 11.3. The maximum absolute atomic E-state index is 15.1.